The highest BCUT2D eigenvalue weighted by atomic mass is 16.5. The largest absolute Gasteiger partial charge is 0.494 e. The predicted molar refractivity (Wildman–Crippen MR) is 109 cm³/mol. The highest BCUT2D eigenvalue weighted by Crippen LogP contribution is 2.17. The molecule has 140 valence electrons. The molecule has 3 heteroatoms. The molecule has 0 fully saturated rings. The molecule has 0 aliphatic carbocycles. The summed E-state index contributed by atoms with van der Waals surface area (Å²) >= 11 is 0. The van der Waals surface area contributed by atoms with Gasteiger partial charge in [0, 0.05) is 7.11 Å². The quantitative estimate of drug-likeness (QED) is 0.383. The summed E-state index contributed by atoms with van der Waals surface area (Å²) in [5, 5.41) is 0. The van der Waals surface area contributed by atoms with Crippen molar-refractivity contribution >= 4 is 12.2 Å². The maximum atomic E-state index is 5.78. The molecule has 0 aromatic heterocycles. The van der Waals surface area contributed by atoms with Gasteiger partial charge in [-0.2, -0.15) is 0 Å². The third-order valence-electron chi connectivity index (χ3n) is 3.98. The van der Waals surface area contributed by atoms with Crippen LogP contribution in [0, 0.1) is 5.92 Å². The normalized spacial score (nSPS) is 11.2. The Kier molecular flexibility index (Phi) is 8.77. The topological polar surface area (TPSA) is 27.7 Å². The first-order chi connectivity index (χ1) is 12.7. The van der Waals surface area contributed by atoms with Crippen molar-refractivity contribution in [3.05, 3.63) is 59.7 Å². The minimum Gasteiger partial charge on any atom is -0.494 e. The van der Waals surface area contributed by atoms with Gasteiger partial charge in [-0.25, -0.2) is 0 Å². The lowest BCUT2D eigenvalue weighted by Gasteiger charge is -2.07. The minimum absolute atomic E-state index is 0.567. The third kappa shape index (κ3) is 7.75. The van der Waals surface area contributed by atoms with E-state index < -0.39 is 0 Å². The Morgan fingerprint density at radius 3 is 1.69 bits per heavy atom. The molecule has 2 rings (SSSR count). The van der Waals surface area contributed by atoms with E-state index in [0.29, 0.717) is 13.2 Å². The fourth-order valence-electron chi connectivity index (χ4n) is 2.47. The molecule has 0 saturated carbocycles. The van der Waals surface area contributed by atoms with E-state index in [1.165, 1.54) is 6.42 Å². The van der Waals surface area contributed by atoms with Crippen LogP contribution in [0.2, 0.25) is 0 Å². The van der Waals surface area contributed by atoms with Crippen LogP contribution >= 0.6 is 0 Å². The molecular formula is C23H30O3. The van der Waals surface area contributed by atoms with Gasteiger partial charge in [-0.05, 0) is 54.2 Å². The summed E-state index contributed by atoms with van der Waals surface area (Å²) in [5.74, 6) is 2.53. The SMILES string of the molecule is COCCOc1ccc(/C=C/c2ccc(OCCCC(C)C)cc2)cc1. The lowest BCUT2D eigenvalue weighted by Crippen LogP contribution is -2.03. The zero-order chi connectivity index (χ0) is 18.6. The molecule has 0 saturated heterocycles. The minimum atomic E-state index is 0.567. The van der Waals surface area contributed by atoms with E-state index >= 15 is 0 Å². The van der Waals surface area contributed by atoms with Crippen molar-refractivity contribution in [3.63, 3.8) is 0 Å². The molecule has 0 bridgehead atoms. The van der Waals surface area contributed by atoms with Crippen LogP contribution in [0.15, 0.2) is 48.5 Å². The average molecular weight is 354 g/mol. The van der Waals surface area contributed by atoms with Gasteiger partial charge in [-0.1, -0.05) is 50.3 Å². The first kappa shape index (κ1) is 20.1. The zero-order valence-corrected chi connectivity index (χ0v) is 16.1. The van der Waals surface area contributed by atoms with Gasteiger partial charge in [-0.3, -0.25) is 0 Å². The summed E-state index contributed by atoms with van der Waals surface area (Å²) in [7, 11) is 1.67. The standard InChI is InChI=1S/C23H30O3/c1-19(2)5-4-16-25-22-12-8-20(9-13-22)6-7-21-10-14-23(15-11-21)26-18-17-24-3/h6-15,19H,4-5,16-18H2,1-3H3/b7-6+. The Morgan fingerprint density at radius 2 is 1.23 bits per heavy atom. The molecule has 0 atom stereocenters. The molecule has 26 heavy (non-hydrogen) atoms. The van der Waals surface area contributed by atoms with E-state index in [1.807, 2.05) is 36.4 Å². The maximum absolute atomic E-state index is 5.78. The zero-order valence-electron chi connectivity index (χ0n) is 16.1. The summed E-state index contributed by atoms with van der Waals surface area (Å²) < 4.78 is 16.3. The molecule has 0 spiro atoms. The number of benzene rings is 2. The summed E-state index contributed by atoms with van der Waals surface area (Å²) in [6, 6.07) is 16.3. The van der Waals surface area contributed by atoms with Gasteiger partial charge in [0.1, 0.15) is 18.1 Å². The Bertz CT molecular complexity index is 642. The van der Waals surface area contributed by atoms with Crippen LogP contribution in [0.3, 0.4) is 0 Å². The summed E-state index contributed by atoms with van der Waals surface area (Å²) in [6.07, 6.45) is 6.50. The number of rotatable bonds is 11. The predicted octanol–water partition coefficient (Wildman–Crippen LogP) is 5.70. The molecule has 0 unspecified atom stereocenters. The summed E-state index contributed by atoms with van der Waals surface area (Å²) in [5.41, 5.74) is 2.29. The number of methoxy groups -OCH3 is 1. The van der Waals surface area contributed by atoms with Gasteiger partial charge in [0.05, 0.1) is 13.2 Å². The Hall–Kier alpha value is -2.26. The van der Waals surface area contributed by atoms with Crippen LogP contribution in [0.1, 0.15) is 37.8 Å². The van der Waals surface area contributed by atoms with Crippen LogP contribution in [-0.4, -0.2) is 26.9 Å². The highest BCUT2D eigenvalue weighted by molar-refractivity contribution is 5.70. The molecular weight excluding hydrogens is 324 g/mol. The average Bonchev–Trinajstić information content (AvgIpc) is 2.65. The number of hydrogen-bond acceptors (Lipinski definition) is 3. The first-order valence-corrected chi connectivity index (χ1v) is 9.30. The second-order valence-corrected chi connectivity index (χ2v) is 6.70. The second kappa shape index (κ2) is 11.4. The monoisotopic (exact) mass is 354 g/mol. The van der Waals surface area contributed by atoms with Crippen LogP contribution in [-0.2, 0) is 4.74 Å². The molecule has 0 aliphatic rings. The van der Waals surface area contributed by atoms with Crippen LogP contribution in [0.4, 0.5) is 0 Å². The highest BCUT2D eigenvalue weighted by Gasteiger charge is 1.97. The van der Waals surface area contributed by atoms with Crippen molar-refractivity contribution in [1.82, 2.24) is 0 Å². The first-order valence-electron chi connectivity index (χ1n) is 9.30. The van der Waals surface area contributed by atoms with Crippen molar-refractivity contribution in [2.24, 2.45) is 5.92 Å². The van der Waals surface area contributed by atoms with E-state index in [-0.39, 0.29) is 0 Å². The summed E-state index contributed by atoms with van der Waals surface area (Å²) in [6.45, 7) is 6.43. The Morgan fingerprint density at radius 1 is 0.731 bits per heavy atom. The molecule has 0 heterocycles. The van der Waals surface area contributed by atoms with E-state index in [0.717, 1.165) is 41.6 Å². The molecule has 2 aromatic carbocycles. The molecule has 0 amide bonds. The second-order valence-electron chi connectivity index (χ2n) is 6.70. The van der Waals surface area contributed by atoms with Crippen molar-refractivity contribution in [2.75, 3.05) is 26.9 Å². The fourth-order valence-corrected chi connectivity index (χ4v) is 2.47. The van der Waals surface area contributed by atoms with Gasteiger partial charge in [0.25, 0.3) is 0 Å². The molecule has 3 nitrogen and oxygen atoms in total. The molecule has 0 aliphatic heterocycles. The fraction of sp³-hybridized carbons (Fsp3) is 0.391. The van der Waals surface area contributed by atoms with Gasteiger partial charge >= 0.3 is 0 Å². The molecule has 0 radical (unpaired) electrons. The lowest BCUT2D eigenvalue weighted by atomic mass is 10.1. The van der Waals surface area contributed by atoms with Crippen molar-refractivity contribution in [2.45, 2.75) is 26.7 Å². The van der Waals surface area contributed by atoms with Gasteiger partial charge in [0.15, 0.2) is 0 Å². The van der Waals surface area contributed by atoms with Crippen LogP contribution < -0.4 is 9.47 Å². The number of ether oxygens (including phenoxy) is 3. The summed E-state index contributed by atoms with van der Waals surface area (Å²) in [4.78, 5) is 0. The smallest absolute Gasteiger partial charge is 0.119 e. The Labute approximate surface area is 157 Å². The van der Waals surface area contributed by atoms with Crippen molar-refractivity contribution in [3.8, 4) is 11.5 Å². The van der Waals surface area contributed by atoms with E-state index in [9.17, 15) is 0 Å². The Balaban J connectivity index is 1.80. The third-order valence-corrected chi connectivity index (χ3v) is 3.98. The maximum Gasteiger partial charge on any atom is 0.119 e. The molecule has 2 aromatic rings. The van der Waals surface area contributed by atoms with Crippen molar-refractivity contribution < 1.29 is 14.2 Å². The number of hydrogen-bond donors (Lipinski definition) is 0. The van der Waals surface area contributed by atoms with Crippen LogP contribution in [0.25, 0.3) is 12.2 Å². The van der Waals surface area contributed by atoms with Crippen molar-refractivity contribution in [1.29, 1.82) is 0 Å². The van der Waals surface area contributed by atoms with Gasteiger partial charge < -0.3 is 14.2 Å². The van der Waals surface area contributed by atoms with E-state index in [1.54, 1.807) is 7.11 Å². The van der Waals surface area contributed by atoms with E-state index in [4.69, 9.17) is 14.2 Å². The van der Waals surface area contributed by atoms with E-state index in [2.05, 4.69) is 38.1 Å². The van der Waals surface area contributed by atoms with Gasteiger partial charge in [0.2, 0.25) is 0 Å². The molecule has 0 N–H and O–H groups in total. The lowest BCUT2D eigenvalue weighted by molar-refractivity contribution is 0.146. The van der Waals surface area contributed by atoms with Gasteiger partial charge in [-0.15, -0.1) is 0 Å². The van der Waals surface area contributed by atoms with Crippen LogP contribution in [0.5, 0.6) is 11.5 Å².